The van der Waals surface area contributed by atoms with Crippen LogP contribution < -0.4 is 0 Å². The lowest BCUT2D eigenvalue weighted by molar-refractivity contribution is -0.432. The van der Waals surface area contributed by atoms with Crippen LogP contribution in [0.5, 0.6) is 0 Å². The van der Waals surface area contributed by atoms with E-state index in [-0.39, 0.29) is 10.3 Å². The summed E-state index contributed by atoms with van der Waals surface area (Å²) < 4.78 is 37.1. The molecule has 128 valence electrons. The molecule has 1 aliphatic heterocycles. The number of hydrogen-bond acceptors (Lipinski definition) is 7. The Hall–Kier alpha value is -1.49. The third kappa shape index (κ3) is 2.73. The Morgan fingerprint density at radius 2 is 1.92 bits per heavy atom. The normalized spacial score (nSPS) is 16.3. The van der Waals surface area contributed by atoms with Gasteiger partial charge in [0.1, 0.15) is 0 Å². The molecule has 0 amide bonds. The van der Waals surface area contributed by atoms with Crippen molar-refractivity contribution in [3.63, 3.8) is 0 Å². The highest BCUT2D eigenvalue weighted by Gasteiger charge is 2.34. The van der Waals surface area contributed by atoms with E-state index < -0.39 is 10.1 Å². The van der Waals surface area contributed by atoms with Gasteiger partial charge >= 0.3 is 0 Å². The van der Waals surface area contributed by atoms with Crippen molar-refractivity contribution in [1.82, 2.24) is 0 Å². The van der Waals surface area contributed by atoms with E-state index in [0.717, 1.165) is 17.0 Å². The van der Waals surface area contributed by atoms with Crippen LogP contribution in [0.1, 0.15) is 26.3 Å². The highest BCUT2D eigenvalue weighted by atomic mass is 32.2. The van der Waals surface area contributed by atoms with E-state index in [0.29, 0.717) is 27.7 Å². The smallest absolute Gasteiger partial charge is 0.282 e. The zero-order valence-electron chi connectivity index (χ0n) is 13.1. The van der Waals surface area contributed by atoms with Crippen LogP contribution in [-0.4, -0.2) is 23.9 Å². The molecule has 24 heavy (non-hydrogen) atoms. The molecule has 0 spiro atoms. The Morgan fingerprint density at radius 1 is 1.21 bits per heavy atom. The Labute approximate surface area is 143 Å². The molecule has 2 aromatic rings. The van der Waals surface area contributed by atoms with Crippen molar-refractivity contribution in [2.24, 2.45) is 4.99 Å². The predicted octanol–water partition coefficient (Wildman–Crippen LogP) is 3.90. The lowest BCUT2D eigenvalue weighted by Crippen LogP contribution is -2.23. The summed E-state index contributed by atoms with van der Waals surface area (Å²) in [6, 6.07) is 6.29. The van der Waals surface area contributed by atoms with E-state index in [1.807, 2.05) is 26.8 Å². The average Bonchev–Trinajstić information content (AvgIpc) is 2.73. The van der Waals surface area contributed by atoms with Gasteiger partial charge in [-0.05, 0) is 41.5 Å². The fourth-order valence-electron chi connectivity index (χ4n) is 2.88. The standard InChI is InChI=1S/C15H15NO6S2/c1-8-15(2,3)14-11-6-9(24(18,19)20)7-13(23-22-21-17)10(11)4-5-12(14)16-8/h4-7,17H,1-3H3,(H,18,19,20). The SMILES string of the molecule is CC1=Nc2ccc3c(SOOO)cc(S(=O)(=O)O)cc3c2C1(C)C. The van der Waals surface area contributed by atoms with Crippen molar-refractivity contribution in [2.75, 3.05) is 0 Å². The molecule has 2 N–H and O–H groups in total. The summed E-state index contributed by atoms with van der Waals surface area (Å²) in [7, 11) is -4.42. The minimum atomic E-state index is -4.42. The van der Waals surface area contributed by atoms with Crippen LogP contribution in [0.3, 0.4) is 0 Å². The quantitative estimate of drug-likeness (QED) is 0.364. The van der Waals surface area contributed by atoms with Crippen molar-refractivity contribution in [3.05, 3.63) is 29.8 Å². The third-order valence-corrected chi connectivity index (χ3v) is 5.80. The van der Waals surface area contributed by atoms with E-state index in [2.05, 4.69) is 14.4 Å². The zero-order valence-corrected chi connectivity index (χ0v) is 14.7. The minimum absolute atomic E-state index is 0.271. The first-order valence-corrected chi connectivity index (χ1v) is 9.13. The molecule has 0 bridgehead atoms. The van der Waals surface area contributed by atoms with Crippen molar-refractivity contribution in [2.45, 2.75) is 36.0 Å². The van der Waals surface area contributed by atoms with E-state index in [9.17, 15) is 13.0 Å². The lowest BCUT2D eigenvalue weighted by atomic mass is 9.80. The molecule has 0 saturated heterocycles. The summed E-state index contributed by atoms with van der Waals surface area (Å²) in [5, 5.41) is 13.3. The van der Waals surface area contributed by atoms with Gasteiger partial charge in [-0.2, -0.15) is 8.42 Å². The average molecular weight is 369 g/mol. The van der Waals surface area contributed by atoms with Gasteiger partial charge in [0.2, 0.25) is 0 Å². The van der Waals surface area contributed by atoms with E-state index in [1.165, 1.54) is 12.1 Å². The second-order valence-corrected chi connectivity index (χ2v) is 8.16. The van der Waals surface area contributed by atoms with Gasteiger partial charge in [-0.1, -0.05) is 25.0 Å². The van der Waals surface area contributed by atoms with Crippen LogP contribution in [0.15, 0.2) is 39.0 Å². The van der Waals surface area contributed by atoms with Gasteiger partial charge < -0.3 is 0 Å². The molecule has 0 atom stereocenters. The van der Waals surface area contributed by atoms with Crippen LogP contribution >= 0.6 is 12.0 Å². The van der Waals surface area contributed by atoms with Gasteiger partial charge in [0.05, 0.1) is 22.6 Å². The molecule has 1 aliphatic rings. The molecule has 0 radical (unpaired) electrons. The molecule has 0 saturated carbocycles. The predicted molar refractivity (Wildman–Crippen MR) is 90.2 cm³/mol. The van der Waals surface area contributed by atoms with Gasteiger partial charge in [-0.3, -0.25) is 9.55 Å². The van der Waals surface area contributed by atoms with Gasteiger partial charge in [-0.15, -0.1) is 4.33 Å². The van der Waals surface area contributed by atoms with Crippen molar-refractivity contribution in [3.8, 4) is 0 Å². The second kappa shape index (κ2) is 5.80. The highest BCUT2D eigenvalue weighted by molar-refractivity contribution is 7.94. The fraction of sp³-hybridized carbons (Fsp3) is 0.267. The zero-order chi connectivity index (χ0) is 17.7. The molecule has 1 heterocycles. The van der Waals surface area contributed by atoms with Gasteiger partial charge in [0.15, 0.2) is 0 Å². The first-order chi connectivity index (χ1) is 11.2. The van der Waals surface area contributed by atoms with Crippen molar-refractivity contribution in [1.29, 1.82) is 0 Å². The third-order valence-electron chi connectivity index (χ3n) is 4.32. The molecular formula is C15H15NO6S2. The molecule has 3 rings (SSSR count). The highest BCUT2D eigenvalue weighted by Crippen LogP contribution is 2.46. The molecule has 2 aromatic carbocycles. The molecule has 7 nitrogen and oxygen atoms in total. The van der Waals surface area contributed by atoms with Crippen LogP contribution in [0.4, 0.5) is 5.69 Å². The Kier molecular flexibility index (Phi) is 4.19. The molecule has 0 fully saturated rings. The Morgan fingerprint density at radius 3 is 2.54 bits per heavy atom. The summed E-state index contributed by atoms with van der Waals surface area (Å²) in [6.07, 6.45) is 0. The summed E-state index contributed by atoms with van der Waals surface area (Å²) in [5.41, 5.74) is 2.15. The number of fused-ring (bicyclic) bond motifs is 3. The summed E-state index contributed by atoms with van der Waals surface area (Å²) in [4.78, 5) is 4.64. The maximum absolute atomic E-state index is 11.6. The van der Waals surface area contributed by atoms with Crippen LogP contribution in [0.25, 0.3) is 10.8 Å². The fourth-order valence-corrected chi connectivity index (χ4v) is 4.04. The van der Waals surface area contributed by atoms with Gasteiger partial charge in [0.25, 0.3) is 10.1 Å². The number of nitrogens with zero attached hydrogens (tertiary/aromatic N) is 1. The van der Waals surface area contributed by atoms with Gasteiger partial charge in [-0.25, -0.2) is 5.26 Å². The first kappa shape index (κ1) is 17.3. The van der Waals surface area contributed by atoms with Crippen molar-refractivity contribution < 1.29 is 27.6 Å². The maximum Gasteiger partial charge on any atom is 0.294 e. The molecule has 0 aromatic heterocycles. The van der Waals surface area contributed by atoms with Crippen LogP contribution in [0, 0.1) is 0 Å². The van der Waals surface area contributed by atoms with Crippen molar-refractivity contribution >= 4 is 44.3 Å². The number of aliphatic imine (C=N–C) groups is 1. The number of hydrogen-bond donors (Lipinski definition) is 2. The van der Waals surface area contributed by atoms with Crippen LogP contribution in [0.2, 0.25) is 0 Å². The Balaban J connectivity index is 2.37. The first-order valence-electron chi connectivity index (χ1n) is 6.95. The maximum atomic E-state index is 11.6. The summed E-state index contributed by atoms with van der Waals surface area (Å²) >= 11 is 0.641. The monoisotopic (exact) mass is 369 g/mol. The van der Waals surface area contributed by atoms with E-state index in [1.54, 1.807) is 6.07 Å². The Bertz CT molecular complexity index is 966. The van der Waals surface area contributed by atoms with Crippen LogP contribution in [-0.2, 0) is 24.9 Å². The molecular weight excluding hydrogens is 354 g/mol. The second-order valence-electron chi connectivity index (χ2n) is 6.00. The van der Waals surface area contributed by atoms with Gasteiger partial charge in [0, 0.05) is 16.0 Å². The summed E-state index contributed by atoms with van der Waals surface area (Å²) in [5.74, 6) is 0. The molecule has 0 unspecified atom stereocenters. The van der Waals surface area contributed by atoms with E-state index in [4.69, 9.17) is 5.26 Å². The number of benzene rings is 2. The lowest BCUT2D eigenvalue weighted by Gasteiger charge is -2.22. The molecule has 9 heteroatoms. The summed E-state index contributed by atoms with van der Waals surface area (Å²) in [6.45, 7) is 5.91. The minimum Gasteiger partial charge on any atom is -0.282 e. The van der Waals surface area contributed by atoms with E-state index >= 15 is 0 Å². The number of rotatable bonds is 4. The largest absolute Gasteiger partial charge is 0.294 e. The topological polar surface area (TPSA) is 105 Å². The molecule has 0 aliphatic carbocycles.